The van der Waals surface area contributed by atoms with Crippen LogP contribution >= 0.6 is 0 Å². The average molecular weight is 609 g/mol. The Morgan fingerprint density at radius 2 is 1.48 bits per heavy atom. The summed E-state index contributed by atoms with van der Waals surface area (Å²) in [5.74, 6) is -2.86. The van der Waals surface area contributed by atoms with Crippen LogP contribution in [0.25, 0.3) is 6.08 Å². The van der Waals surface area contributed by atoms with Crippen LogP contribution in [-0.2, 0) is 38.1 Å². The third kappa shape index (κ3) is 6.39. The number of aliphatic hydroxyl groups is 1. The molecule has 2 bridgehead atoms. The van der Waals surface area contributed by atoms with E-state index in [-0.39, 0.29) is 12.3 Å². The Kier molecular flexibility index (Phi) is 9.59. The minimum Gasteiger partial charge on any atom is -0.458 e. The van der Waals surface area contributed by atoms with Crippen LogP contribution in [0.2, 0.25) is 0 Å². The van der Waals surface area contributed by atoms with E-state index in [4.69, 9.17) is 18.9 Å². The van der Waals surface area contributed by atoms with E-state index in [0.717, 1.165) is 11.1 Å². The van der Waals surface area contributed by atoms with E-state index in [2.05, 4.69) is 6.58 Å². The molecule has 9 nitrogen and oxygen atoms in total. The van der Waals surface area contributed by atoms with Gasteiger partial charge in [-0.15, -0.1) is 0 Å². The second-order valence-corrected chi connectivity index (χ2v) is 13.1. The fourth-order valence-corrected chi connectivity index (χ4v) is 7.67. The highest BCUT2D eigenvalue weighted by atomic mass is 16.6. The minimum absolute atomic E-state index is 0.0173. The van der Waals surface area contributed by atoms with Gasteiger partial charge in [-0.3, -0.25) is 14.4 Å². The summed E-state index contributed by atoms with van der Waals surface area (Å²) in [6, 6.07) is 9.33. The summed E-state index contributed by atoms with van der Waals surface area (Å²) in [6.45, 7) is 16.0. The first-order chi connectivity index (χ1) is 20.6. The van der Waals surface area contributed by atoms with E-state index >= 15 is 0 Å². The lowest BCUT2D eigenvalue weighted by Gasteiger charge is -2.59. The first-order valence-corrected chi connectivity index (χ1v) is 15.1. The first-order valence-electron chi connectivity index (χ1n) is 15.1. The molecule has 0 spiro atoms. The zero-order valence-electron chi connectivity index (χ0n) is 26.6. The Bertz CT molecular complexity index is 1370. The molecule has 3 aliphatic carbocycles. The van der Waals surface area contributed by atoms with Gasteiger partial charge in [0.15, 0.2) is 12.2 Å². The van der Waals surface area contributed by atoms with Crippen molar-refractivity contribution in [1.82, 2.24) is 0 Å². The minimum atomic E-state index is -1.17. The van der Waals surface area contributed by atoms with E-state index in [1.54, 1.807) is 6.08 Å². The number of esters is 4. The maximum Gasteiger partial charge on any atom is 0.331 e. The van der Waals surface area contributed by atoms with Gasteiger partial charge in [0, 0.05) is 38.7 Å². The molecule has 1 N–H and O–H groups in total. The zero-order valence-corrected chi connectivity index (χ0v) is 26.6. The average Bonchev–Trinajstić information content (AvgIpc) is 2.93. The highest BCUT2D eigenvalue weighted by Crippen LogP contribution is 2.60. The van der Waals surface area contributed by atoms with Crippen LogP contribution in [0.15, 0.2) is 59.7 Å². The van der Waals surface area contributed by atoms with Crippen molar-refractivity contribution >= 4 is 30.0 Å². The van der Waals surface area contributed by atoms with E-state index in [1.807, 2.05) is 58.0 Å². The normalized spacial score (nSPS) is 33.0. The fourth-order valence-electron chi connectivity index (χ4n) is 7.67. The van der Waals surface area contributed by atoms with Gasteiger partial charge in [0.2, 0.25) is 0 Å². The highest BCUT2D eigenvalue weighted by molar-refractivity contribution is 5.87. The van der Waals surface area contributed by atoms with Crippen molar-refractivity contribution < 1.29 is 43.2 Å². The van der Waals surface area contributed by atoms with Gasteiger partial charge in [0.25, 0.3) is 0 Å². The zero-order chi connectivity index (χ0) is 32.6. The second-order valence-electron chi connectivity index (χ2n) is 13.1. The van der Waals surface area contributed by atoms with Crippen molar-refractivity contribution in [2.24, 2.45) is 22.7 Å². The highest BCUT2D eigenvalue weighted by Gasteiger charge is 2.63. The van der Waals surface area contributed by atoms with Crippen LogP contribution in [-0.4, -0.2) is 59.5 Å². The van der Waals surface area contributed by atoms with Crippen molar-refractivity contribution in [2.45, 2.75) is 98.2 Å². The lowest BCUT2D eigenvalue weighted by atomic mass is 9.49. The Hall–Kier alpha value is -3.72. The number of ether oxygens (including phenoxy) is 4. The third-order valence-electron chi connectivity index (χ3n) is 9.95. The summed E-state index contributed by atoms with van der Waals surface area (Å²) in [5, 5.41) is 11.9. The molecule has 1 aromatic rings. The molecule has 238 valence electrons. The molecule has 44 heavy (non-hydrogen) atoms. The van der Waals surface area contributed by atoms with Crippen LogP contribution in [0, 0.1) is 22.7 Å². The largest absolute Gasteiger partial charge is 0.458 e. The van der Waals surface area contributed by atoms with Gasteiger partial charge in [-0.05, 0) is 65.4 Å². The predicted molar refractivity (Wildman–Crippen MR) is 163 cm³/mol. The maximum absolute atomic E-state index is 12.9. The van der Waals surface area contributed by atoms with Gasteiger partial charge in [-0.1, -0.05) is 57.7 Å². The number of hydrogen-bond donors (Lipinski definition) is 1. The molecule has 9 heteroatoms. The van der Waals surface area contributed by atoms with E-state index in [0.29, 0.717) is 24.0 Å². The van der Waals surface area contributed by atoms with Gasteiger partial charge >= 0.3 is 23.9 Å². The number of rotatable bonds is 6. The summed E-state index contributed by atoms with van der Waals surface area (Å²) in [5.41, 5.74) is 1.09. The van der Waals surface area contributed by atoms with E-state index in [9.17, 15) is 24.3 Å². The lowest BCUT2D eigenvalue weighted by molar-refractivity contribution is -0.204. The van der Waals surface area contributed by atoms with E-state index in [1.165, 1.54) is 26.8 Å². The molecule has 3 aliphatic rings. The molecule has 8 atom stereocenters. The molecule has 0 aromatic heterocycles. The number of carbonyl (C=O) groups excluding carboxylic acids is 4. The topological polar surface area (TPSA) is 125 Å². The molecule has 0 saturated heterocycles. The summed E-state index contributed by atoms with van der Waals surface area (Å²) >= 11 is 0. The van der Waals surface area contributed by atoms with Gasteiger partial charge in [-0.2, -0.15) is 0 Å². The fraction of sp³-hybridized carbons (Fsp3) is 0.543. The Balaban J connectivity index is 1.81. The van der Waals surface area contributed by atoms with E-state index < -0.39 is 71.1 Å². The van der Waals surface area contributed by atoms with Gasteiger partial charge in [-0.25, -0.2) is 4.79 Å². The van der Waals surface area contributed by atoms with Gasteiger partial charge in [0.05, 0.1) is 6.10 Å². The van der Waals surface area contributed by atoms with Crippen LogP contribution in [0.5, 0.6) is 0 Å². The molecular formula is C35H44O9. The van der Waals surface area contributed by atoms with Crippen molar-refractivity contribution in [3.8, 4) is 0 Å². The van der Waals surface area contributed by atoms with Gasteiger partial charge in [0.1, 0.15) is 12.2 Å². The molecule has 2 saturated carbocycles. The maximum atomic E-state index is 12.9. The molecule has 1 aromatic carbocycles. The molecule has 0 unspecified atom stereocenters. The molecule has 0 heterocycles. The van der Waals surface area contributed by atoms with Crippen LogP contribution < -0.4 is 0 Å². The quantitative estimate of drug-likeness (QED) is 0.203. The first kappa shape index (κ1) is 33.2. The van der Waals surface area contributed by atoms with Crippen LogP contribution in [0.4, 0.5) is 0 Å². The van der Waals surface area contributed by atoms with Crippen LogP contribution in [0.1, 0.15) is 73.3 Å². The monoisotopic (exact) mass is 608 g/mol. The predicted octanol–water partition coefficient (Wildman–Crippen LogP) is 5.12. The molecule has 0 amide bonds. The van der Waals surface area contributed by atoms with Gasteiger partial charge < -0.3 is 24.1 Å². The third-order valence-corrected chi connectivity index (χ3v) is 9.95. The smallest absolute Gasteiger partial charge is 0.331 e. The Morgan fingerprint density at radius 3 is 2.07 bits per heavy atom. The Morgan fingerprint density at radius 1 is 0.864 bits per heavy atom. The molecule has 0 radical (unpaired) electrons. The summed E-state index contributed by atoms with van der Waals surface area (Å²) in [4.78, 5) is 50.3. The molecule has 4 rings (SSSR count). The van der Waals surface area contributed by atoms with Crippen LogP contribution in [0.3, 0.4) is 0 Å². The summed E-state index contributed by atoms with van der Waals surface area (Å²) < 4.78 is 23.6. The molecular weight excluding hydrogens is 564 g/mol. The Labute approximate surface area is 259 Å². The van der Waals surface area contributed by atoms with Crippen molar-refractivity contribution in [2.75, 3.05) is 0 Å². The summed E-state index contributed by atoms with van der Waals surface area (Å²) in [7, 11) is 0. The number of hydrogen-bond acceptors (Lipinski definition) is 9. The molecule has 0 aliphatic heterocycles. The molecule has 2 fully saturated rings. The lowest BCUT2D eigenvalue weighted by Crippen LogP contribution is -2.64. The summed E-state index contributed by atoms with van der Waals surface area (Å²) in [6.07, 6.45) is -0.736. The van der Waals surface area contributed by atoms with Crippen molar-refractivity contribution in [1.29, 1.82) is 0 Å². The SMILES string of the molecule is C=C1[C@@H](OC(=O)/C=C\c2ccccc2)C[C@H](O)[C@]2(C)[C@@H]1C[C@@H]1C[C@H](OC(C)=O)C(C)=C([C@@H](OC(C)=O)[C@@H]2OC(C)=O)C1(C)C. The van der Waals surface area contributed by atoms with Crippen molar-refractivity contribution in [3.05, 3.63) is 65.3 Å². The second kappa shape index (κ2) is 12.7. The number of fused-ring (bicyclic) bond motifs is 3. The van der Waals surface area contributed by atoms with Crippen molar-refractivity contribution in [3.63, 3.8) is 0 Å². The number of benzene rings is 1. The number of carbonyl (C=O) groups is 4. The number of aliphatic hydroxyl groups excluding tert-OH is 1. The standard InChI is InChI=1S/C35H44O9/c1-19-26-16-25-17-27(41-21(3)36)20(2)31(34(25,6)7)32(42-22(4)37)33(43-23(5)38)35(26,8)29(39)18-28(19)44-30(40)15-14-24-12-10-9-11-13-24/h9-15,25-29,32-33,39H,1,16-18H2,2-8H3/b15-14-/t25-,26-,27+,28+,29+,32-,33+,35+/m1/s1.